The van der Waals surface area contributed by atoms with E-state index >= 15 is 0 Å². The van der Waals surface area contributed by atoms with Crippen LogP contribution in [0, 0.1) is 5.92 Å². The van der Waals surface area contributed by atoms with Gasteiger partial charge >= 0.3 is 0 Å². The van der Waals surface area contributed by atoms with Gasteiger partial charge in [0.2, 0.25) is 10.0 Å². The highest BCUT2D eigenvalue weighted by atomic mass is 32.2. The highest BCUT2D eigenvalue weighted by Gasteiger charge is 2.29. The Morgan fingerprint density at radius 3 is 2.47 bits per heavy atom. The zero-order chi connectivity index (χ0) is 23.7. The monoisotopic (exact) mass is 498 g/mol. The number of carbonyl (C=O) groups is 1. The zero-order valence-electron chi connectivity index (χ0n) is 19.4. The first-order chi connectivity index (χ1) is 16.4. The van der Waals surface area contributed by atoms with E-state index in [1.54, 1.807) is 39.9 Å². The predicted octanol–water partition coefficient (Wildman–Crippen LogP) is 3.67. The lowest BCUT2D eigenvalue weighted by molar-refractivity contribution is 0.0628. The zero-order valence-corrected chi connectivity index (χ0v) is 21.0. The third-order valence-corrected chi connectivity index (χ3v) is 9.62. The summed E-state index contributed by atoms with van der Waals surface area (Å²) in [5.74, 6) is 0.327. The van der Waals surface area contributed by atoms with Crippen molar-refractivity contribution in [3.8, 4) is 0 Å². The fourth-order valence-corrected chi connectivity index (χ4v) is 7.36. The number of nitrogens with zero attached hydrogens (tertiary/aromatic N) is 4. The number of hydrogen-bond acceptors (Lipinski definition) is 6. The van der Waals surface area contributed by atoms with Gasteiger partial charge in [-0.05, 0) is 55.2 Å². The number of sulfonamides is 1. The van der Waals surface area contributed by atoms with Crippen molar-refractivity contribution in [2.75, 3.05) is 39.3 Å². The topological polar surface area (TPSA) is 73.8 Å². The molecule has 7 nitrogen and oxygen atoms in total. The first-order valence-electron chi connectivity index (χ1n) is 11.9. The maximum atomic E-state index is 13.0. The van der Waals surface area contributed by atoms with Crippen molar-refractivity contribution in [2.45, 2.75) is 31.2 Å². The molecule has 0 aliphatic carbocycles. The Labute approximate surface area is 205 Å². The molecule has 2 saturated heterocycles. The van der Waals surface area contributed by atoms with E-state index in [0.29, 0.717) is 37.7 Å². The van der Waals surface area contributed by atoms with Gasteiger partial charge in [0, 0.05) is 44.8 Å². The standard InChI is InChI=1S/C25H30N4O3S2/c1-19-5-4-12-29(17-19)34(31,32)21-10-8-20(9-11-21)25(30)28-15-13-27(14-16-28)18-24-26-22-6-2-3-7-23(22)33-24/h2-3,6-11,19H,4-5,12-18H2,1H3/t19-/m1/s1. The van der Waals surface area contributed by atoms with Crippen molar-refractivity contribution < 1.29 is 13.2 Å². The largest absolute Gasteiger partial charge is 0.336 e. The summed E-state index contributed by atoms with van der Waals surface area (Å²) >= 11 is 1.72. The number of thiazole rings is 1. The first-order valence-corrected chi connectivity index (χ1v) is 14.1. The Bertz CT molecular complexity index is 1230. The molecule has 0 N–H and O–H groups in total. The Morgan fingerprint density at radius 2 is 1.76 bits per heavy atom. The van der Waals surface area contributed by atoms with Crippen LogP contribution < -0.4 is 0 Å². The number of benzene rings is 2. The number of piperidine rings is 1. The summed E-state index contributed by atoms with van der Waals surface area (Å²) in [6.45, 7) is 6.89. The second-order valence-electron chi connectivity index (χ2n) is 9.28. The molecule has 2 aliphatic heterocycles. The lowest BCUT2D eigenvalue weighted by Crippen LogP contribution is -2.48. The molecule has 1 aromatic heterocycles. The lowest BCUT2D eigenvalue weighted by atomic mass is 10.0. The molecule has 3 aromatic rings. The SMILES string of the molecule is C[C@@H]1CCCN(S(=O)(=O)c2ccc(C(=O)N3CCN(Cc4nc5ccccc5s4)CC3)cc2)C1. The average molecular weight is 499 g/mol. The molecule has 0 saturated carbocycles. The Hall–Kier alpha value is -2.33. The van der Waals surface area contributed by atoms with Crippen LogP contribution in [-0.2, 0) is 16.6 Å². The molecular formula is C25H30N4O3S2. The van der Waals surface area contributed by atoms with Crippen molar-refractivity contribution in [1.29, 1.82) is 0 Å². The van der Waals surface area contributed by atoms with Crippen LogP contribution >= 0.6 is 11.3 Å². The summed E-state index contributed by atoms with van der Waals surface area (Å²) in [6, 6.07) is 14.6. The number of para-hydroxylation sites is 1. The van der Waals surface area contributed by atoms with Crippen molar-refractivity contribution in [1.82, 2.24) is 19.1 Å². The Kier molecular flexibility index (Phi) is 6.70. The van der Waals surface area contributed by atoms with Crippen LogP contribution in [0.3, 0.4) is 0 Å². The van der Waals surface area contributed by atoms with Gasteiger partial charge in [-0.1, -0.05) is 19.1 Å². The highest BCUT2D eigenvalue weighted by Crippen LogP contribution is 2.25. The molecule has 0 unspecified atom stereocenters. The summed E-state index contributed by atoms with van der Waals surface area (Å²) < 4.78 is 28.7. The van der Waals surface area contributed by atoms with Crippen molar-refractivity contribution >= 4 is 37.5 Å². The molecule has 180 valence electrons. The molecule has 0 bridgehead atoms. The van der Waals surface area contributed by atoms with Crippen LogP contribution in [0.2, 0.25) is 0 Å². The Morgan fingerprint density at radius 1 is 1.03 bits per heavy atom. The van der Waals surface area contributed by atoms with E-state index in [9.17, 15) is 13.2 Å². The van der Waals surface area contributed by atoms with Gasteiger partial charge in [0.05, 0.1) is 21.7 Å². The van der Waals surface area contributed by atoms with Crippen LogP contribution in [0.25, 0.3) is 10.2 Å². The fourth-order valence-electron chi connectivity index (χ4n) is 4.75. The smallest absolute Gasteiger partial charge is 0.253 e. The first kappa shape index (κ1) is 23.4. The molecular weight excluding hydrogens is 468 g/mol. The molecule has 2 aliphatic rings. The third-order valence-electron chi connectivity index (χ3n) is 6.72. The van der Waals surface area contributed by atoms with Gasteiger partial charge in [0.1, 0.15) is 5.01 Å². The Balaban J connectivity index is 1.18. The number of piperazine rings is 1. The summed E-state index contributed by atoms with van der Waals surface area (Å²) in [5, 5.41) is 1.10. The van der Waals surface area contributed by atoms with E-state index in [2.05, 4.69) is 17.9 Å². The molecule has 2 fully saturated rings. The van der Waals surface area contributed by atoms with Crippen LogP contribution in [0.4, 0.5) is 0 Å². The summed E-state index contributed by atoms with van der Waals surface area (Å²) in [4.78, 5) is 22.2. The lowest BCUT2D eigenvalue weighted by Gasteiger charge is -2.34. The van der Waals surface area contributed by atoms with Gasteiger partial charge in [-0.2, -0.15) is 4.31 Å². The minimum Gasteiger partial charge on any atom is -0.336 e. The van der Waals surface area contributed by atoms with E-state index in [1.165, 1.54) is 4.70 Å². The van der Waals surface area contributed by atoms with E-state index in [0.717, 1.165) is 43.0 Å². The van der Waals surface area contributed by atoms with Gasteiger partial charge in [-0.25, -0.2) is 13.4 Å². The molecule has 5 rings (SSSR count). The quantitative estimate of drug-likeness (QED) is 0.537. The van der Waals surface area contributed by atoms with Crippen molar-refractivity contribution in [3.63, 3.8) is 0 Å². The van der Waals surface area contributed by atoms with Gasteiger partial charge in [0.15, 0.2) is 0 Å². The molecule has 34 heavy (non-hydrogen) atoms. The number of carbonyl (C=O) groups excluding carboxylic acids is 1. The van der Waals surface area contributed by atoms with E-state index in [1.807, 2.05) is 23.1 Å². The van der Waals surface area contributed by atoms with Crippen LogP contribution in [0.1, 0.15) is 35.1 Å². The molecule has 3 heterocycles. The summed E-state index contributed by atoms with van der Waals surface area (Å²) in [7, 11) is -3.51. The van der Waals surface area contributed by atoms with Gasteiger partial charge in [-0.15, -0.1) is 11.3 Å². The predicted molar refractivity (Wildman–Crippen MR) is 134 cm³/mol. The fraction of sp³-hybridized carbons (Fsp3) is 0.440. The highest BCUT2D eigenvalue weighted by molar-refractivity contribution is 7.89. The van der Waals surface area contributed by atoms with Crippen LogP contribution in [-0.4, -0.2) is 72.7 Å². The maximum Gasteiger partial charge on any atom is 0.253 e. The molecule has 1 atom stereocenters. The normalized spacial score (nSPS) is 20.6. The minimum absolute atomic E-state index is 0.0461. The molecule has 0 spiro atoms. The average Bonchev–Trinajstić information content (AvgIpc) is 3.26. The minimum atomic E-state index is -3.51. The molecule has 1 amide bonds. The number of fused-ring (bicyclic) bond motifs is 1. The number of rotatable bonds is 5. The van der Waals surface area contributed by atoms with E-state index in [4.69, 9.17) is 4.98 Å². The molecule has 2 aromatic carbocycles. The molecule has 9 heteroatoms. The van der Waals surface area contributed by atoms with E-state index < -0.39 is 10.0 Å². The van der Waals surface area contributed by atoms with Gasteiger partial charge in [-0.3, -0.25) is 9.69 Å². The number of amides is 1. The second-order valence-corrected chi connectivity index (χ2v) is 12.3. The third kappa shape index (κ3) is 4.88. The number of hydrogen-bond donors (Lipinski definition) is 0. The summed E-state index contributed by atoms with van der Waals surface area (Å²) in [5.41, 5.74) is 1.57. The maximum absolute atomic E-state index is 13.0. The van der Waals surface area contributed by atoms with Crippen LogP contribution in [0.15, 0.2) is 53.4 Å². The van der Waals surface area contributed by atoms with Crippen LogP contribution in [0.5, 0.6) is 0 Å². The van der Waals surface area contributed by atoms with Gasteiger partial charge < -0.3 is 4.90 Å². The number of aromatic nitrogens is 1. The van der Waals surface area contributed by atoms with Gasteiger partial charge in [0.25, 0.3) is 5.91 Å². The molecule has 0 radical (unpaired) electrons. The second kappa shape index (κ2) is 9.73. The van der Waals surface area contributed by atoms with Crippen molar-refractivity contribution in [2.24, 2.45) is 5.92 Å². The van der Waals surface area contributed by atoms with E-state index in [-0.39, 0.29) is 10.8 Å². The summed E-state index contributed by atoms with van der Waals surface area (Å²) in [6.07, 6.45) is 1.95. The van der Waals surface area contributed by atoms with Crippen molar-refractivity contribution in [3.05, 3.63) is 59.1 Å².